The molecule has 1 rings (SSSR count). The Bertz CT molecular complexity index is 293. The molecule has 1 aromatic carbocycles. The van der Waals surface area contributed by atoms with Crippen LogP contribution in [0.4, 0.5) is 5.69 Å². The number of hydrogen-bond donors (Lipinski definition) is 2. The summed E-state index contributed by atoms with van der Waals surface area (Å²) in [6, 6.07) is 8.83. The fourth-order valence-corrected chi connectivity index (χ4v) is 1.76. The highest BCUT2D eigenvalue weighted by atomic mass is 15.2. The minimum Gasteiger partial charge on any atom is -0.378 e. The zero-order valence-corrected chi connectivity index (χ0v) is 10.5. The average Bonchev–Trinajstić information content (AvgIpc) is 2.30. The Kier molecular flexibility index (Phi) is 5.29. The Morgan fingerprint density at radius 1 is 1.25 bits per heavy atom. The molecule has 3 nitrogen and oxygen atoms in total. The predicted molar refractivity (Wildman–Crippen MR) is 70.4 cm³/mol. The number of unbranched alkanes of at least 4 members (excludes halogenated alkanes) is 1. The van der Waals surface area contributed by atoms with Gasteiger partial charge >= 0.3 is 0 Å². The minimum atomic E-state index is 0.274. The third-order valence-corrected chi connectivity index (χ3v) is 2.86. The molecule has 0 aliphatic carbocycles. The second kappa shape index (κ2) is 6.51. The van der Waals surface area contributed by atoms with Crippen LogP contribution in [-0.2, 0) is 0 Å². The maximum Gasteiger partial charge on any atom is 0.0460 e. The van der Waals surface area contributed by atoms with Crippen molar-refractivity contribution >= 4 is 5.69 Å². The summed E-state index contributed by atoms with van der Waals surface area (Å²) in [6.45, 7) is 2.20. The Hall–Kier alpha value is -1.06. The van der Waals surface area contributed by atoms with Crippen molar-refractivity contribution in [3.8, 4) is 0 Å². The predicted octanol–water partition coefficient (Wildman–Crippen LogP) is 2.45. The molecule has 0 aromatic heterocycles. The van der Waals surface area contributed by atoms with E-state index in [2.05, 4.69) is 41.5 Å². The van der Waals surface area contributed by atoms with Crippen molar-refractivity contribution in [1.29, 1.82) is 0 Å². The molecule has 90 valence electrons. The Labute approximate surface area is 98.6 Å². The largest absolute Gasteiger partial charge is 0.378 e. The highest BCUT2D eigenvalue weighted by molar-refractivity contribution is 5.46. The molecular weight excluding hydrogens is 198 g/mol. The molecule has 1 unspecified atom stereocenters. The number of hydrogen-bond acceptors (Lipinski definition) is 3. The standard InChI is InChI=1S/C13H23N3/c1-4-5-6-13(15-14)11-7-9-12(10-8-11)16(2)3/h7-10,13,15H,4-6,14H2,1-3H3. The van der Waals surface area contributed by atoms with Crippen molar-refractivity contribution in [2.24, 2.45) is 5.84 Å². The number of rotatable bonds is 6. The molecule has 0 heterocycles. The van der Waals surface area contributed by atoms with Gasteiger partial charge in [-0.3, -0.25) is 11.3 Å². The fourth-order valence-electron chi connectivity index (χ4n) is 1.76. The number of nitrogens with two attached hydrogens (primary N) is 1. The van der Waals surface area contributed by atoms with Crippen LogP contribution in [-0.4, -0.2) is 14.1 Å². The molecular formula is C13H23N3. The van der Waals surface area contributed by atoms with Crippen molar-refractivity contribution < 1.29 is 0 Å². The third-order valence-electron chi connectivity index (χ3n) is 2.86. The quantitative estimate of drug-likeness (QED) is 0.572. The van der Waals surface area contributed by atoms with Gasteiger partial charge in [0.1, 0.15) is 0 Å². The van der Waals surface area contributed by atoms with E-state index in [4.69, 9.17) is 5.84 Å². The summed E-state index contributed by atoms with van der Waals surface area (Å²) in [5.74, 6) is 5.58. The van der Waals surface area contributed by atoms with E-state index in [1.165, 1.54) is 24.1 Å². The lowest BCUT2D eigenvalue weighted by Crippen LogP contribution is -2.28. The molecule has 0 saturated heterocycles. The number of hydrazine groups is 1. The monoisotopic (exact) mass is 221 g/mol. The van der Waals surface area contributed by atoms with Crippen LogP contribution in [0, 0.1) is 0 Å². The summed E-state index contributed by atoms with van der Waals surface area (Å²) in [4.78, 5) is 2.10. The molecule has 0 amide bonds. The van der Waals surface area contributed by atoms with Gasteiger partial charge in [0.05, 0.1) is 0 Å². The molecule has 0 fully saturated rings. The highest BCUT2D eigenvalue weighted by Gasteiger charge is 2.08. The molecule has 16 heavy (non-hydrogen) atoms. The number of benzene rings is 1. The maximum absolute atomic E-state index is 5.58. The van der Waals surface area contributed by atoms with Crippen LogP contribution in [0.3, 0.4) is 0 Å². The van der Waals surface area contributed by atoms with E-state index in [1.807, 2.05) is 14.1 Å². The molecule has 1 aromatic rings. The summed E-state index contributed by atoms with van der Waals surface area (Å²) < 4.78 is 0. The van der Waals surface area contributed by atoms with Crippen LogP contribution in [0.1, 0.15) is 37.8 Å². The number of nitrogens with zero attached hydrogens (tertiary/aromatic N) is 1. The van der Waals surface area contributed by atoms with E-state index in [-0.39, 0.29) is 6.04 Å². The van der Waals surface area contributed by atoms with Gasteiger partial charge in [0.15, 0.2) is 0 Å². The molecule has 0 aliphatic rings. The summed E-state index contributed by atoms with van der Waals surface area (Å²) in [5.41, 5.74) is 5.37. The Balaban J connectivity index is 2.70. The Morgan fingerprint density at radius 3 is 2.31 bits per heavy atom. The van der Waals surface area contributed by atoms with Gasteiger partial charge in [0, 0.05) is 25.8 Å². The van der Waals surface area contributed by atoms with E-state index in [9.17, 15) is 0 Å². The van der Waals surface area contributed by atoms with Crippen LogP contribution >= 0.6 is 0 Å². The average molecular weight is 221 g/mol. The van der Waals surface area contributed by atoms with Crippen molar-refractivity contribution in [1.82, 2.24) is 5.43 Å². The first-order valence-electron chi connectivity index (χ1n) is 5.92. The molecule has 0 aliphatic heterocycles. The maximum atomic E-state index is 5.58. The number of nitrogens with one attached hydrogen (secondary N) is 1. The fraction of sp³-hybridized carbons (Fsp3) is 0.538. The van der Waals surface area contributed by atoms with E-state index >= 15 is 0 Å². The molecule has 0 radical (unpaired) electrons. The lowest BCUT2D eigenvalue weighted by molar-refractivity contribution is 0.495. The van der Waals surface area contributed by atoms with Crippen LogP contribution in [0.2, 0.25) is 0 Å². The molecule has 0 spiro atoms. The van der Waals surface area contributed by atoms with Crippen LogP contribution in [0.15, 0.2) is 24.3 Å². The van der Waals surface area contributed by atoms with Gasteiger partial charge in [-0.05, 0) is 24.1 Å². The lowest BCUT2D eigenvalue weighted by Gasteiger charge is -2.18. The van der Waals surface area contributed by atoms with Gasteiger partial charge < -0.3 is 4.90 Å². The molecule has 0 bridgehead atoms. The van der Waals surface area contributed by atoms with E-state index in [0.29, 0.717) is 0 Å². The summed E-state index contributed by atoms with van der Waals surface area (Å²) >= 11 is 0. The van der Waals surface area contributed by atoms with Gasteiger partial charge in [-0.15, -0.1) is 0 Å². The van der Waals surface area contributed by atoms with Gasteiger partial charge in [0.25, 0.3) is 0 Å². The molecule has 3 heteroatoms. The minimum absolute atomic E-state index is 0.274. The van der Waals surface area contributed by atoms with Crippen molar-refractivity contribution in [3.63, 3.8) is 0 Å². The topological polar surface area (TPSA) is 41.3 Å². The second-order valence-electron chi connectivity index (χ2n) is 4.35. The number of anilines is 1. The molecule has 0 saturated carbocycles. The first-order chi connectivity index (χ1) is 7.69. The summed E-state index contributed by atoms with van der Waals surface area (Å²) in [5, 5.41) is 0. The Morgan fingerprint density at radius 2 is 1.88 bits per heavy atom. The first-order valence-corrected chi connectivity index (χ1v) is 5.92. The molecule has 3 N–H and O–H groups in total. The van der Waals surface area contributed by atoms with Crippen molar-refractivity contribution in [2.75, 3.05) is 19.0 Å². The van der Waals surface area contributed by atoms with Crippen molar-refractivity contribution in [3.05, 3.63) is 29.8 Å². The van der Waals surface area contributed by atoms with Gasteiger partial charge in [-0.1, -0.05) is 31.9 Å². The van der Waals surface area contributed by atoms with Gasteiger partial charge in [0.2, 0.25) is 0 Å². The van der Waals surface area contributed by atoms with Crippen molar-refractivity contribution in [2.45, 2.75) is 32.2 Å². The molecule has 1 atom stereocenters. The zero-order chi connectivity index (χ0) is 12.0. The third kappa shape index (κ3) is 3.51. The smallest absolute Gasteiger partial charge is 0.0460 e. The van der Waals surface area contributed by atoms with E-state index < -0.39 is 0 Å². The SMILES string of the molecule is CCCCC(NN)c1ccc(N(C)C)cc1. The normalized spacial score (nSPS) is 12.5. The van der Waals surface area contributed by atoms with Crippen LogP contribution < -0.4 is 16.2 Å². The van der Waals surface area contributed by atoms with Gasteiger partial charge in [-0.2, -0.15) is 0 Å². The van der Waals surface area contributed by atoms with E-state index in [0.717, 1.165) is 6.42 Å². The first kappa shape index (κ1) is 13.0. The lowest BCUT2D eigenvalue weighted by atomic mass is 10.0. The zero-order valence-electron chi connectivity index (χ0n) is 10.5. The van der Waals surface area contributed by atoms with Crippen LogP contribution in [0.25, 0.3) is 0 Å². The second-order valence-corrected chi connectivity index (χ2v) is 4.35. The highest BCUT2D eigenvalue weighted by Crippen LogP contribution is 2.21. The van der Waals surface area contributed by atoms with Crippen LogP contribution in [0.5, 0.6) is 0 Å². The van der Waals surface area contributed by atoms with Gasteiger partial charge in [-0.25, -0.2) is 0 Å². The van der Waals surface area contributed by atoms with E-state index in [1.54, 1.807) is 0 Å². The summed E-state index contributed by atoms with van der Waals surface area (Å²) in [6.07, 6.45) is 3.49. The summed E-state index contributed by atoms with van der Waals surface area (Å²) in [7, 11) is 4.09.